The van der Waals surface area contributed by atoms with Gasteiger partial charge < -0.3 is 14.4 Å². The fraction of sp³-hybridized carbons (Fsp3) is 0.269. The van der Waals surface area contributed by atoms with E-state index in [1.54, 1.807) is 0 Å². The molecule has 3 aromatic rings. The Bertz CT molecular complexity index is 1560. The van der Waals surface area contributed by atoms with Crippen molar-refractivity contribution in [2.45, 2.75) is 30.1 Å². The molecule has 0 unspecified atom stereocenters. The van der Waals surface area contributed by atoms with E-state index in [2.05, 4.69) is 4.74 Å². The molecule has 1 atom stereocenters. The van der Waals surface area contributed by atoms with Gasteiger partial charge in [0.25, 0.3) is 15.9 Å². The van der Waals surface area contributed by atoms with Crippen molar-refractivity contribution < 1.29 is 49.0 Å². The van der Waals surface area contributed by atoms with Gasteiger partial charge in [0, 0.05) is 12.7 Å². The van der Waals surface area contributed by atoms with Gasteiger partial charge in [-0.25, -0.2) is 17.1 Å². The van der Waals surface area contributed by atoms with Gasteiger partial charge in [0.05, 0.1) is 34.4 Å². The van der Waals surface area contributed by atoms with Gasteiger partial charge in [0.15, 0.2) is 0 Å². The second-order valence-electron chi connectivity index (χ2n) is 9.10. The molecule has 1 amide bonds. The van der Waals surface area contributed by atoms with E-state index in [9.17, 15) is 39.6 Å². The molecule has 0 N–H and O–H groups in total. The number of carbonyl (C=O) groups excluding carboxylic acids is 1. The number of carbonyl (C=O) groups is 1. The van der Waals surface area contributed by atoms with E-state index in [-0.39, 0.29) is 29.0 Å². The van der Waals surface area contributed by atoms with Gasteiger partial charge in [0.2, 0.25) is 0 Å². The first-order valence-corrected chi connectivity index (χ1v) is 13.3. The normalized spacial score (nSPS) is 17.9. The smallest absolute Gasteiger partial charge is 0.416 e. The van der Waals surface area contributed by atoms with E-state index in [1.165, 1.54) is 23.1 Å². The lowest BCUT2D eigenvalue weighted by Gasteiger charge is -2.40. The number of alkyl halides is 5. The fourth-order valence-electron chi connectivity index (χ4n) is 4.65. The van der Waals surface area contributed by atoms with Crippen molar-refractivity contribution in [1.82, 2.24) is 4.90 Å². The third-order valence-corrected chi connectivity index (χ3v) is 8.31. The highest BCUT2D eigenvalue weighted by molar-refractivity contribution is 7.92. The molecule has 1 fully saturated rings. The van der Waals surface area contributed by atoms with E-state index >= 15 is 0 Å². The maximum Gasteiger partial charge on any atom is 0.416 e. The molecule has 0 aromatic heterocycles. The molecule has 0 aliphatic carbocycles. The predicted molar refractivity (Wildman–Crippen MR) is 130 cm³/mol. The monoisotopic (exact) mass is 586 g/mol. The van der Waals surface area contributed by atoms with Gasteiger partial charge in [-0.15, -0.1) is 0 Å². The first-order valence-electron chi connectivity index (χ1n) is 11.8. The Hall–Kier alpha value is -3.78. The van der Waals surface area contributed by atoms with Crippen LogP contribution in [0.25, 0.3) is 11.1 Å². The lowest BCUT2D eigenvalue weighted by Crippen LogP contribution is -2.53. The number of hydrogen-bond acceptors (Lipinski definition) is 5. The molecule has 212 valence electrons. The first kappa shape index (κ1) is 27.8. The van der Waals surface area contributed by atoms with Crippen molar-refractivity contribution >= 4 is 21.6 Å². The van der Waals surface area contributed by atoms with Crippen LogP contribution in [0.5, 0.6) is 5.75 Å². The van der Waals surface area contributed by atoms with Gasteiger partial charge in [-0.2, -0.15) is 22.0 Å². The van der Waals surface area contributed by atoms with Gasteiger partial charge in [-0.3, -0.25) is 4.79 Å². The van der Waals surface area contributed by atoms with Crippen molar-refractivity contribution in [3.63, 3.8) is 0 Å². The van der Waals surface area contributed by atoms with Crippen LogP contribution in [0.1, 0.15) is 22.3 Å². The van der Waals surface area contributed by atoms with Crippen LogP contribution in [0.3, 0.4) is 0 Å². The number of sulfonamides is 1. The van der Waals surface area contributed by atoms with Gasteiger partial charge >= 0.3 is 12.8 Å². The summed E-state index contributed by atoms with van der Waals surface area (Å²) in [4.78, 5) is 14.0. The zero-order chi connectivity index (χ0) is 28.8. The van der Waals surface area contributed by atoms with Crippen LogP contribution in [-0.4, -0.2) is 51.8 Å². The lowest BCUT2D eigenvalue weighted by atomic mass is 9.99. The molecule has 2 heterocycles. The minimum Gasteiger partial charge on any atom is -0.435 e. The van der Waals surface area contributed by atoms with E-state index in [0.717, 1.165) is 40.7 Å². The molecule has 3 aromatic carbocycles. The highest BCUT2D eigenvalue weighted by Crippen LogP contribution is 2.39. The minimum absolute atomic E-state index is 0.0361. The number of rotatable bonds is 6. The first-order chi connectivity index (χ1) is 18.8. The van der Waals surface area contributed by atoms with Crippen LogP contribution in [0, 0.1) is 5.82 Å². The Morgan fingerprint density at radius 3 is 2.45 bits per heavy atom. The molecule has 0 saturated carbocycles. The van der Waals surface area contributed by atoms with Crippen molar-refractivity contribution in [3.8, 4) is 16.9 Å². The maximum absolute atomic E-state index is 14.2. The van der Waals surface area contributed by atoms with Crippen LogP contribution in [-0.2, 0) is 20.9 Å². The largest absolute Gasteiger partial charge is 0.435 e. The van der Waals surface area contributed by atoms with E-state index < -0.39 is 63.5 Å². The second-order valence-corrected chi connectivity index (χ2v) is 11.0. The van der Waals surface area contributed by atoms with Gasteiger partial charge in [-0.05, 0) is 60.0 Å². The summed E-state index contributed by atoms with van der Waals surface area (Å²) in [7, 11) is -4.67. The summed E-state index contributed by atoms with van der Waals surface area (Å²) in [6.07, 6.45) is -4.39. The molecule has 2 aliphatic heterocycles. The van der Waals surface area contributed by atoms with Crippen LogP contribution in [0.15, 0.2) is 65.6 Å². The molecule has 40 heavy (non-hydrogen) atoms. The van der Waals surface area contributed by atoms with Crippen molar-refractivity contribution in [3.05, 3.63) is 77.6 Å². The predicted octanol–water partition coefficient (Wildman–Crippen LogP) is 5.51. The highest BCUT2D eigenvalue weighted by atomic mass is 32.2. The average molecular weight is 587 g/mol. The molecule has 0 radical (unpaired) electrons. The van der Waals surface area contributed by atoms with Gasteiger partial charge in [0.1, 0.15) is 18.2 Å². The Morgan fingerprint density at radius 1 is 1.00 bits per heavy atom. The highest BCUT2D eigenvalue weighted by Gasteiger charge is 2.41. The fourth-order valence-corrected chi connectivity index (χ4v) is 6.11. The summed E-state index contributed by atoms with van der Waals surface area (Å²) < 4.78 is 118. The SMILES string of the molecule is O=C1c2ccc(-c3cc(F)cc(OC(F)F)c3)cc2N(S(=O)(=O)c2cccc(C(F)(F)F)c2)CN1[C@@H]1CCOC1. The Kier molecular flexibility index (Phi) is 7.17. The zero-order valence-electron chi connectivity index (χ0n) is 20.4. The van der Waals surface area contributed by atoms with Crippen molar-refractivity contribution in [2.24, 2.45) is 0 Å². The van der Waals surface area contributed by atoms with Crippen molar-refractivity contribution in [1.29, 1.82) is 0 Å². The minimum atomic E-state index is -4.81. The molecular formula is C26H20F6N2O5S. The molecule has 14 heteroatoms. The summed E-state index contributed by atoms with van der Waals surface area (Å²) in [5.41, 5.74) is -1.24. The van der Waals surface area contributed by atoms with Crippen molar-refractivity contribution in [2.75, 3.05) is 24.2 Å². The molecule has 7 nitrogen and oxygen atoms in total. The molecular weight excluding hydrogens is 566 g/mol. The van der Waals surface area contributed by atoms with Crippen LogP contribution in [0.4, 0.5) is 32.0 Å². The number of amides is 1. The number of benzene rings is 3. The maximum atomic E-state index is 14.2. The molecule has 1 saturated heterocycles. The number of nitrogens with zero attached hydrogens (tertiary/aromatic N) is 2. The number of hydrogen-bond donors (Lipinski definition) is 0. The third-order valence-electron chi connectivity index (χ3n) is 6.56. The summed E-state index contributed by atoms with van der Waals surface area (Å²) in [6.45, 7) is -3.27. The standard InChI is InChI=1S/C26H20F6N2O5S/c27-18-8-16(9-20(12-18)39-25(28)29)15-4-5-22-23(10-15)34(14-33(24(22)35)19-6-7-38-13-19)40(36,37)21-3-1-2-17(11-21)26(30,31)32/h1-5,8-12,19,25H,6-7,13-14H2/t19-/m1/s1. The van der Waals surface area contributed by atoms with E-state index in [4.69, 9.17) is 4.74 Å². The third kappa shape index (κ3) is 5.32. The summed E-state index contributed by atoms with van der Waals surface area (Å²) in [5, 5.41) is 0. The quantitative estimate of drug-likeness (QED) is 0.356. The number of fused-ring (bicyclic) bond motifs is 1. The van der Waals surface area contributed by atoms with Crippen LogP contribution < -0.4 is 9.04 Å². The topological polar surface area (TPSA) is 76.2 Å². The van der Waals surface area contributed by atoms with E-state index in [1.807, 2.05) is 0 Å². The number of anilines is 1. The summed E-state index contributed by atoms with van der Waals surface area (Å²) in [5.74, 6) is -1.93. The summed E-state index contributed by atoms with van der Waals surface area (Å²) >= 11 is 0. The van der Waals surface area contributed by atoms with E-state index in [0.29, 0.717) is 19.1 Å². The molecule has 0 bridgehead atoms. The molecule has 2 aliphatic rings. The van der Waals surface area contributed by atoms with Gasteiger partial charge in [-0.1, -0.05) is 12.1 Å². The Morgan fingerprint density at radius 2 is 1.77 bits per heavy atom. The molecule has 0 spiro atoms. The average Bonchev–Trinajstić information content (AvgIpc) is 3.42. The number of ether oxygens (including phenoxy) is 2. The zero-order valence-corrected chi connectivity index (χ0v) is 21.2. The summed E-state index contributed by atoms with van der Waals surface area (Å²) in [6, 6.07) is 9.48. The van der Waals surface area contributed by atoms with Crippen LogP contribution in [0.2, 0.25) is 0 Å². The second kappa shape index (κ2) is 10.3. The Labute approximate surface area is 224 Å². The Balaban J connectivity index is 1.64. The lowest BCUT2D eigenvalue weighted by molar-refractivity contribution is -0.137. The van der Waals surface area contributed by atoms with Crippen LogP contribution >= 0.6 is 0 Å². The number of halogens is 6. The molecule has 5 rings (SSSR count).